The van der Waals surface area contributed by atoms with E-state index in [1.54, 1.807) is 0 Å². The SMILES string of the molecule is C[CH][CH][CH][CH]C.C[CH][CH][CH][CH]C.[C-]#[O+].[C-]#[O+].[Mo]. The first-order valence-corrected chi connectivity index (χ1v) is 4.72. The van der Waals surface area contributed by atoms with Crippen LogP contribution in [0.15, 0.2) is 0 Å². The molecule has 0 rings (SSSR count). The summed E-state index contributed by atoms with van der Waals surface area (Å²) in [5.41, 5.74) is 0. The largest absolute Gasteiger partial charge is 0 e. The third-order valence-electron chi connectivity index (χ3n) is 0.992. The zero-order chi connectivity index (χ0) is 13.7. The van der Waals surface area contributed by atoms with Crippen molar-refractivity contribution in [2.24, 2.45) is 0 Å². The summed E-state index contributed by atoms with van der Waals surface area (Å²) in [6.45, 7) is 17.0. The van der Waals surface area contributed by atoms with Crippen LogP contribution in [0.2, 0.25) is 0 Å². The Labute approximate surface area is 123 Å². The fraction of sp³-hybridized carbons (Fsp3) is 0.286. The fourth-order valence-corrected chi connectivity index (χ4v) is 0.444. The van der Waals surface area contributed by atoms with Crippen molar-refractivity contribution in [2.75, 3.05) is 0 Å². The summed E-state index contributed by atoms with van der Waals surface area (Å²) in [5.74, 6) is 0. The fourth-order valence-electron chi connectivity index (χ4n) is 0.444. The van der Waals surface area contributed by atoms with Crippen LogP contribution in [0.5, 0.6) is 0 Å². The number of unbranched alkanes of at least 4 members (excludes halogenated alkanes) is 6. The summed E-state index contributed by atoms with van der Waals surface area (Å²) in [6, 6.07) is 0. The summed E-state index contributed by atoms with van der Waals surface area (Å²) >= 11 is 0. The van der Waals surface area contributed by atoms with Gasteiger partial charge in [0.25, 0.3) is 0 Å². The standard InChI is InChI=1S/2C6H10.2CO.Mo/c2*1-3-5-6-4-2;2*1-2;/h2*3-6H,1-2H3;;;. The van der Waals surface area contributed by atoms with Gasteiger partial charge in [-0.05, 0) is 51.4 Å². The Balaban J connectivity index is -0.0000000417. The monoisotopic (exact) mass is 318 g/mol. The van der Waals surface area contributed by atoms with Crippen LogP contribution in [0.3, 0.4) is 0 Å². The van der Waals surface area contributed by atoms with Gasteiger partial charge in [-0.3, -0.25) is 0 Å². The maximum Gasteiger partial charge on any atom is 0 e. The van der Waals surface area contributed by atoms with Crippen LogP contribution in [0.4, 0.5) is 0 Å². The molecule has 0 bridgehead atoms. The van der Waals surface area contributed by atoms with Gasteiger partial charge in [0.2, 0.25) is 0 Å². The van der Waals surface area contributed by atoms with Gasteiger partial charge in [-0.25, -0.2) is 0 Å². The van der Waals surface area contributed by atoms with E-state index in [4.69, 9.17) is 9.30 Å². The third kappa shape index (κ3) is 85.3. The van der Waals surface area contributed by atoms with Crippen LogP contribution in [-0.4, -0.2) is 0 Å². The summed E-state index contributed by atoms with van der Waals surface area (Å²) < 4.78 is 15.0. The maximum absolute atomic E-state index is 7.50. The molecule has 0 fully saturated rings. The molecule has 0 aliphatic heterocycles. The van der Waals surface area contributed by atoms with Crippen LogP contribution < -0.4 is 0 Å². The van der Waals surface area contributed by atoms with Gasteiger partial charge in [-0.15, -0.1) is 0 Å². The van der Waals surface area contributed by atoms with Crippen LogP contribution in [-0.2, 0) is 30.4 Å². The maximum atomic E-state index is 7.50. The molecule has 0 atom stereocenters. The van der Waals surface area contributed by atoms with E-state index < -0.39 is 0 Å². The molecule has 94 valence electrons. The van der Waals surface area contributed by atoms with E-state index in [0.29, 0.717) is 0 Å². The van der Waals surface area contributed by atoms with Gasteiger partial charge in [0, 0.05) is 21.1 Å². The Kier molecular flexibility index (Phi) is 99.4. The Morgan fingerprint density at radius 3 is 0.706 bits per heavy atom. The van der Waals surface area contributed by atoms with Gasteiger partial charge in [0.15, 0.2) is 0 Å². The molecule has 8 radical (unpaired) electrons. The van der Waals surface area contributed by atoms with Crippen molar-refractivity contribution < 1.29 is 30.4 Å². The molecule has 17 heavy (non-hydrogen) atoms. The van der Waals surface area contributed by atoms with Gasteiger partial charge < -0.3 is 0 Å². The first-order chi connectivity index (χ1) is 7.83. The van der Waals surface area contributed by atoms with E-state index in [9.17, 15) is 0 Å². The van der Waals surface area contributed by atoms with E-state index in [0.717, 1.165) is 0 Å². The van der Waals surface area contributed by atoms with E-state index in [-0.39, 0.29) is 21.1 Å². The molecule has 0 heterocycles. The van der Waals surface area contributed by atoms with Gasteiger partial charge in [-0.2, -0.15) is 0 Å². The summed E-state index contributed by atoms with van der Waals surface area (Å²) in [7, 11) is 0. The molecule has 0 spiro atoms. The molecule has 0 saturated carbocycles. The van der Waals surface area contributed by atoms with Crippen LogP contribution in [0, 0.1) is 64.7 Å². The molecule has 3 heteroatoms. The minimum Gasteiger partial charge on any atom is 0 e. The smallest absolute Gasteiger partial charge is 0 e. The van der Waals surface area contributed by atoms with Crippen molar-refractivity contribution in [1.29, 1.82) is 0 Å². The first-order valence-electron chi connectivity index (χ1n) is 4.72. The molecule has 0 aliphatic carbocycles. The van der Waals surface area contributed by atoms with E-state index in [1.165, 1.54) is 0 Å². The van der Waals surface area contributed by atoms with Crippen molar-refractivity contribution in [3.05, 3.63) is 64.7 Å². The summed E-state index contributed by atoms with van der Waals surface area (Å²) in [6.07, 6.45) is 16.0. The summed E-state index contributed by atoms with van der Waals surface area (Å²) in [4.78, 5) is 0. The number of hydrogen-bond acceptors (Lipinski definition) is 0. The topological polar surface area (TPSA) is 39.8 Å². The predicted octanol–water partition coefficient (Wildman–Crippen LogP) is 3.61. The molecule has 0 aliphatic rings. The second-order valence-electron chi connectivity index (χ2n) is 2.10. The summed E-state index contributed by atoms with van der Waals surface area (Å²) in [5, 5.41) is 0. The molecular weight excluding hydrogens is 296 g/mol. The number of hydrogen-bond donors (Lipinski definition) is 0. The second-order valence-corrected chi connectivity index (χ2v) is 2.10. The van der Waals surface area contributed by atoms with Gasteiger partial charge in [0.05, 0.1) is 0 Å². The van der Waals surface area contributed by atoms with Crippen molar-refractivity contribution in [2.45, 2.75) is 27.7 Å². The van der Waals surface area contributed by atoms with Gasteiger partial charge >= 0.3 is 22.6 Å². The minimum absolute atomic E-state index is 0. The molecule has 0 unspecified atom stereocenters. The Morgan fingerprint density at radius 1 is 0.529 bits per heavy atom. The van der Waals surface area contributed by atoms with E-state index in [2.05, 4.69) is 13.3 Å². The van der Waals surface area contributed by atoms with E-state index in [1.807, 2.05) is 79.1 Å². The molecule has 0 aromatic carbocycles. The zero-order valence-electron chi connectivity index (χ0n) is 10.8. The molecule has 0 saturated heterocycles. The average molecular weight is 316 g/mol. The Morgan fingerprint density at radius 2 is 0.647 bits per heavy atom. The molecule has 0 amide bonds. The Hall–Kier alpha value is 0.168. The molecular formula is C14H20MoO2. The van der Waals surface area contributed by atoms with Gasteiger partial charge in [-0.1, -0.05) is 27.7 Å². The van der Waals surface area contributed by atoms with Crippen LogP contribution in [0.25, 0.3) is 0 Å². The van der Waals surface area contributed by atoms with E-state index >= 15 is 0 Å². The Bertz CT molecular complexity index is 89.3. The van der Waals surface area contributed by atoms with Crippen molar-refractivity contribution in [1.82, 2.24) is 0 Å². The van der Waals surface area contributed by atoms with Crippen molar-refractivity contribution in [3.8, 4) is 0 Å². The zero-order valence-corrected chi connectivity index (χ0v) is 12.9. The molecule has 0 aromatic heterocycles. The third-order valence-corrected chi connectivity index (χ3v) is 0.992. The molecule has 0 aromatic rings. The van der Waals surface area contributed by atoms with Gasteiger partial charge in [0.1, 0.15) is 0 Å². The normalized spacial score (nSPS) is 6.59. The molecule has 0 N–H and O–H groups in total. The number of rotatable bonds is 6. The predicted molar refractivity (Wildman–Crippen MR) is 65.0 cm³/mol. The second kappa shape index (κ2) is 55.8. The van der Waals surface area contributed by atoms with Crippen LogP contribution >= 0.6 is 0 Å². The quantitative estimate of drug-likeness (QED) is 0.311. The molecule has 2 nitrogen and oxygen atoms in total. The first kappa shape index (κ1) is 30.3. The van der Waals surface area contributed by atoms with Crippen molar-refractivity contribution >= 4 is 0 Å². The van der Waals surface area contributed by atoms with Crippen LogP contribution in [0.1, 0.15) is 27.7 Å². The average Bonchev–Trinajstić information content (AvgIpc) is 2.39. The minimum atomic E-state index is 0. The van der Waals surface area contributed by atoms with Crippen molar-refractivity contribution in [3.63, 3.8) is 0 Å².